The second-order valence-electron chi connectivity index (χ2n) is 5.90. The Morgan fingerprint density at radius 2 is 2.36 bits per heavy atom. The van der Waals surface area contributed by atoms with Gasteiger partial charge in [0.15, 0.2) is 5.96 Å². The number of halogens is 1. The van der Waals surface area contributed by atoms with Gasteiger partial charge in [-0.3, -0.25) is 4.99 Å². The average molecular weight is 437 g/mol. The van der Waals surface area contributed by atoms with E-state index in [1.807, 2.05) is 23.9 Å². The lowest BCUT2D eigenvalue weighted by Crippen LogP contribution is -2.46. The Balaban J connectivity index is 0.00000242. The SMILES string of the molecule is CC(C)CN=C(NCCc1ccco1)NC1CCCSC1.I. The highest BCUT2D eigenvalue weighted by molar-refractivity contribution is 14.0. The predicted octanol–water partition coefficient (Wildman–Crippen LogP) is 3.53. The number of aliphatic imine (C=N–C) groups is 1. The highest BCUT2D eigenvalue weighted by atomic mass is 127. The molecule has 126 valence electrons. The monoisotopic (exact) mass is 437 g/mol. The van der Waals surface area contributed by atoms with Crippen LogP contribution in [-0.2, 0) is 6.42 Å². The Bertz CT molecular complexity index is 417. The molecule has 0 aliphatic carbocycles. The minimum Gasteiger partial charge on any atom is -0.469 e. The smallest absolute Gasteiger partial charge is 0.191 e. The van der Waals surface area contributed by atoms with E-state index in [4.69, 9.17) is 9.41 Å². The third kappa shape index (κ3) is 7.76. The summed E-state index contributed by atoms with van der Waals surface area (Å²) in [6.45, 7) is 6.09. The van der Waals surface area contributed by atoms with Crippen LogP contribution in [0, 0.1) is 5.92 Å². The van der Waals surface area contributed by atoms with Crippen LogP contribution in [0.4, 0.5) is 0 Å². The van der Waals surface area contributed by atoms with Crippen molar-refractivity contribution < 1.29 is 4.42 Å². The molecule has 1 atom stereocenters. The molecule has 0 spiro atoms. The second kappa shape index (κ2) is 11.2. The van der Waals surface area contributed by atoms with Gasteiger partial charge in [0.2, 0.25) is 0 Å². The zero-order valence-corrected chi connectivity index (χ0v) is 16.7. The zero-order chi connectivity index (χ0) is 14.9. The van der Waals surface area contributed by atoms with Gasteiger partial charge in [-0.2, -0.15) is 11.8 Å². The van der Waals surface area contributed by atoms with Gasteiger partial charge in [-0.05, 0) is 36.6 Å². The predicted molar refractivity (Wildman–Crippen MR) is 106 cm³/mol. The van der Waals surface area contributed by atoms with Gasteiger partial charge in [0.05, 0.1) is 6.26 Å². The van der Waals surface area contributed by atoms with E-state index < -0.39 is 0 Å². The van der Waals surface area contributed by atoms with Gasteiger partial charge in [-0.1, -0.05) is 13.8 Å². The summed E-state index contributed by atoms with van der Waals surface area (Å²) < 4.78 is 5.36. The normalized spacial score (nSPS) is 18.9. The van der Waals surface area contributed by atoms with E-state index in [0.717, 1.165) is 31.2 Å². The first kappa shape index (κ1) is 19.7. The molecule has 1 aliphatic heterocycles. The van der Waals surface area contributed by atoms with Gasteiger partial charge in [-0.15, -0.1) is 24.0 Å². The molecule has 2 N–H and O–H groups in total. The molecule has 1 aliphatic rings. The lowest BCUT2D eigenvalue weighted by atomic mass is 10.2. The zero-order valence-electron chi connectivity index (χ0n) is 13.5. The number of furan rings is 1. The van der Waals surface area contributed by atoms with Crippen LogP contribution in [0.2, 0.25) is 0 Å². The van der Waals surface area contributed by atoms with E-state index >= 15 is 0 Å². The Kier molecular flexibility index (Phi) is 10.0. The summed E-state index contributed by atoms with van der Waals surface area (Å²) in [7, 11) is 0. The number of nitrogens with one attached hydrogen (secondary N) is 2. The molecule has 1 aromatic heterocycles. The van der Waals surface area contributed by atoms with Crippen molar-refractivity contribution in [3.63, 3.8) is 0 Å². The van der Waals surface area contributed by atoms with Crippen LogP contribution < -0.4 is 10.6 Å². The lowest BCUT2D eigenvalue weighted by molar-refractivity contribution is 0.505. The maximum Gasteiger partial charge on any atom is 0.191 e. The summed E-state index contributed by atoms with van der Waals surface area (Å²) in [5.74, 6) is 5.01. The molecule has 6 heteroatoms. The van der Waals surface area contributed by atoms with Crippen molar-refractivity contribution in [2.75, 3.05) is 24.6 Å². The summed E-state index contributed by atoms with van der Waals surface area (Å²) in [6, 6.07) is 4.49. The number of hydrogen-bond donors (Lipinski definition) is 2. The summed E-state index contributed by atoms with van der Waals surface area (Å²) >= 11 is 2.03. The van der Waals surface area contributed by atoms with Crippen LogP contribution >= 0.6 is 35.7 Å². The lowest BCUT2D eigenvalue weighted by Gasteiger charge is -2.25. The van der Waals surface area contributed by atoms with Crippen molar-refractivity contribution in [3.8, 4) is 0 Å². The molecule has 1 unspecified atom stereocenters. The van der Waals surface area contributed by atoms with Crippen molar-refractivity contribution in [2.45, 2.75) is 39.2 Å². The molecule has 0 amide bonds. The first-order valence-corrected chi connectivity index (χ1v) is 9.04. The second-order valence-corrected chi connectivity index (χ2v) is 7.05. The van der Waals surface area contributed by atoms with Gasteiger partial charge in [0.1, 0.15) is 5.76 Å². The van der Waals surface area contributed by atoms with Crippen molar-refractivity contribution in [1.82, 2.24) is 10.6 Å². The van der Waals surface area contributed by atoms with E-state index in [0.29, 0.717) is 12.0 Å². The van der Waals surface area contributed by atoms with Crippen LogP contribution in [0.3, 0.4) is 0 Å². The fourth-order valence-corrected chi connectivity index (χ4v) is 3.31. The minimum atomic E-state index is 0. The largest absolute Gasteiger partial charge is 0.469 e. The Hall–Kier alpha value is -0.370. The highest BCUT2D eigenvalue weighted by Crippen LogP contribution is 2.16. The summed E-state index contributed by atoms with van der Waals surface area (Å²) in [4.78, 5) is 4.69. The Morgan fingerprint density at radius 3 is 3.00 bits per heavy atom. The van der Waals surface area contributed by atoms with Crippen LogP contribution in [0.5, 0.6) is 0 Å². The molecule has 0 saturated carbocycles. The van der Waals surface area contributed by atoms with E-state index in [2.05, 4.69) is 24.5 Å². The summed E-state index contributed by atoms with van der Waals surface area (Å²) in [5, 5.41) is 7.01. The third-order valence-electron chi connectivity index (χ3n) is 3.36. The third-order valence-corrected chi connectivity index (χ3v) is 4.58. The Labute approximate surface area is 155 Å². The molecule has 0 radical (unpaired) electrons. The number of guanidine groups is 1. The Morgan fingerprint density at radius 1 is 1.50 bits per heavy atom. The summed E-state index contributed by atoms with van der Waals surface area (Å²) in [5.41, 5.74) is 0. The first-order valence-electron chi connectivity index (χ1n) is 7.89. The van der Waals surface area contributed by atoms with Crippen molar-refractivity contribution in [3.05, 3.63) is 24.2 Å². The fraction of sp³-hybridized carbons (Fsp3) is 0.688. The molecular weight excluding hydrogens is 409 g/mol. The van der Waals surface area contributed by atoms with Gasteiger partial charge >= 0.3 is 0 Å². The minimum absolute atomic E-state index is 0. The topological polar surface area (TPSA) is 49.6 Å². The van der Waals surface area contributed by atoms with E-state index in [-0.39, 0.29) is 24.0 Å². The molecule has 1 fully saturated rings. The first-order chi connectivity index (χ1) is 10.2. The van der Waals surface area contributed by atoms with Crippen LogP contribution in [0.15, 0.2) is 27.8 Å². The molecular formula is C16H28IN3OS. The number of rotatable bonds is 6. The van der Waals surface area contributed by atoms with Gasteiger partial charge in [-0.25, -0.2) is 0 Å². The van der Waals surface area contributed by atoms with Crippen LogP contribution in [-0.4, -0.2) is 36.6 Å². The highest BCUT2D eigenvalue weighted by Gasteiger charge is 2.15. The fourth-order valence-electron chi connectivity index (χ4n) is 2.23. The quantitative estimate of drug-likeness (QED) is 0.406. The molecule has 4 nitrogen and oxygen atoms in total. The molecule has 0 bridgehead atoms. The van der Waals surface area contributed by atoms with Crippen molar-refractivity contribution >= 4 is 41.7 Å². The van der Waals surface area contributed by atoms with E-state index in [1.54, 1.807) is 6.26 Å². The van der Waals surface area contributed by atoms with Gasteiger partial charge in [0.25, 0.3) is 0 Å². The van der Waals surface area contributed by atoms with Crippen LogP contribution in [0.1, 0.15) is 32.4 Å². The number of hydrogen-bond acceptors (Lipinski definition) is 3. The maximum atomic E-state index is 5.36. The molecule has 2 heterocycles. The van der Waals surface area contributed by atoms with Gasteiger partial charge < -0.3 is 15.1 Å². The molecule has 2 rings (SSSR count). The van der Waals surface area contributed by atoms with E-state index in [9.17, 15) is 0 Å². The molecule has 1 aromatic rings. The number of nitrogens with zero attached hydrogens (tertiary/aromatic N) is 1. The van der Waals surface area contributed by atoms with Crippen molar-refractivity contribution in [1.29, 1.82) is 0 Å². The summed E-state index contributed by atoms with van der Waals surface area (Å²) in [6.07, 6.45) is 5.15. The standard InChI is InChI=1S/C16H27N3OS.HI/c1-13(2)11-18-16(19-14-5-4-10-21-12-14)17-8-7-15-6-3-9-20-15;/h3,6,9,13-14H,4-5,7-8,10-12H2,1-2H3,(H2,17,18,19);1H. The average Bonchev–Trinajstić information content (AvgIpc) is 2.99. The molecule has 22 heavy (non-hydrogen) atoms. The molecule has 1 saturated heterocycles. The maximum absolute atomic E-state index is 5.36. The number of thioether (sulfide) groups is 1. The van der Waals surface area contributed by atoms with Gasteiger partial charge in [0, 0.05) is 31.3 Å². The van der Waals surface area contributed by atoms with Crippen LogP contribution in [0.25, 0.3) is 0 Å². The molecule has 0 aromatic carbocycles. The van der Waals surface area contributed by atoms with E-state index in [1.165, 1.54) is 24.3 Å². The van der Waals surface area contributed by atoms with Crippen molar-refractivity contribution in [2.24, 2.45) is 10.9 Å².